The van der Waals surface area contributed by atoms with Gasteiger partial charge in [-0.25, -0.2) is 9.59 Å². The summed E-state index contributed by atoms with van der Waals surface area (Å²) in [5, 5.41) is 19.0. The molecule has 0 aromatic rings. The summed E-state index contributed by atoms with van der Waals surface area (Å²) in [5.41, 5.74) is 0. The molecule has 0 spiro atoms. The van der Waals surface area contributed by atoms with Crippen LogP contribution in [-0.4, -0.2) is 104 Å². The summed E-state index contributed by atoms with van der Waals surface area (Å²) in [6, 6.07) is 0. The summed E-state index contributed by atoms with van der Waals surface area (Å²) < 4.78 is 9.57. The first-order valence-corrected chi connectivity index (χ1v) is 2.45. The first-order chi connectivity index (χ1) is 5.91. The van der Waals surface area contributed by atoms with Crippen LogP contribution in [0.5, 0.6) is 0 Å². The van der Waals surface area contributed by atoms with E-state index in [-0.39, 0.29) is 79.0 Å². The second-order valence-corrected chi connectivity index (χ2v) is 1.31. The van der Waals surface area contributed by atoms with E-state index in [4.69, 9.17) is 0 Å². The van der Waals surface area contributed by atoms with Gasteiger partial charge >= 0.3 is 58.4 Å². The zero-order valence-electron chi connectivity index (χ0n) is 10.0. The molecule has 0 amide bonds. The fourth-order valence-electron chi connectivity index (χ4n) is 0.246. The molecule has 0 bridgehead atoms. The van der Waals surface area contributed by atoms with Gasteiger partial charge in [0.05, 0.1) is 0 Å². The molecule has 0 aliphatic rings. The van der Waals surface area contributed by atoms with E-state index in [1.165, 1.54) is 0 Å². The molecular weight excluding hydrogens is 337 g/mol. The van der Waals surface area contributed by atoms with Gasteiger partial charge in [-0.1, -0.05) is 0 Å². The van der Waals surface area contributed by atoms with Gasteiger partial charge in [0.2, 0.25) is 0 Å². The summed E-state index contributed by atoms with van der Waals surface area (Å²) in [5.74, 6) is 0. The SMILES string of the molecule is O.O.O.O.O.O=C([O-])OC(=O)OC(=O)OC(=O)[O-].[Mg+2].[Mg+2].[OH-]. The van der Waals surface area contributed by atoms with Crippen LogP contribution in [0.15, 0.2) is 0 Å². The monoisotopic (exact) mass is 347 g/mol. The summed E-state index contributed by atoms with van der Waals surface area (Å²) in [7, 11) is 0. The Morgan fingerprint density at radius 2 is 0.762 bits per heavy atom. The third-order valence-electron chi connectivity index (χ3n) is 0.500. The Morgan fingerprint density at radius 3 is 0.905 bits per heavy atom. The molecule has 17 heteroatoms. The van der Waals surface area contributed by atoms with E-state index < -0.39 is 24.6 Å². The second kappa shape index (κ2) is 31.4. The fourth-order valence-corrected chi connectivity index (χ4v) is 0.246. The Balaban J connectivity index is -0.0000000257. The van der Waals surface area contributed by atoms with Crippen molar-refractivity contribution in [1.29, 1.82) is 0 Å². The van der Waals surface area contributed by atoms with Crippen LogP contribution in [0.4, 0.5) is 19.2 Å². The summed E-state index contributed by atoms with van der Waals surface area (Å²) in [4.78, 5) is 39.1. The van der Waals surface area contributed by atoms with E-state index >= 15 is 0 Å². The first-order valence-electron chi connectivity index (χ1n) is 2.45. The summed E-state index contributed by atoms with van der Waals surface area (Å²) in [6.45, 7) is 0. The molecule has 0 radical (unpaired) electrons. The van der Waals surface area contributed by atoms with Crippen LogP contribution < -0.4 is 10.2 Å². The molecule has 0 unspecified atom stereocenters. The number of ether oxygens (including phenoxy) is 3. The van der Waals surface area contributed by atoms with Crippen molar-refractivity contribution in [3.63, 3.8) is 0 Å². The van der Waals surface area contributed by atoms with E-state index in [0.717, 1.165) is 0 Å². The molecule has 0 atom stereocenters. The third-order valence-corrected chi connectivity index (χ3v) is 0.500. The smallest absolute Gasteiger partial charge is 0.870 e. The number of hydrogen-bond acceptors (Lipinski definition) is 10. The van der Waals surface area contributed by atoms with Gasteiger partial charge in [0.25, 0.3) is 12.3 Å². The van der Waals surface area contributed by atoms with Crippen molar-refractivity contribution in [1.82, 2.24) is 0 Å². The van der Waals surface area contributed by atoms with Crippen molar-refractivity contribution in [3.8, 4) is 0 Å². The molecule has 0 aromatic heterocycles. The van der Waals surface area contributed by atoms with Crippen LogP contribution in [0.1, 0.15) is 0 Å². The van der Waals surface area contributed by atoms with Crippen molar-refractivity contribution in [2.24, 2.45) is 0 Å². The van der Waals surface area contributed by atoms with Crippen molar-refractivity contribution in [2.45, 2.75) is 0 Å². The molecule has 0 aliphatic heterocycles. The van der Waals surface area contributed by atoms with Gasteiger partial charge in [0.1, 0.15) is 0 Å². The number of carboxylic acid groups (broad SMARTS) is 2. The van der Waals surface area contributed by atoms with Gasteiger partial charge in [-0.05, 0) is 0 Å². The Kier molecular flexibility index (Phi) is 89.3. The Morgan fingerprint density at radius 1 is 0.571 bits per heavy atom. The maximum atomic E-state index is 10.1. The van der Waals surface area contributed by atoms with Crippen LogP contribution in [0, 0.1) is 0 Å². The van der Waals surface area contributed by atoms with Gasteiger partial charge in [-0.3, -0.25) is 0 Å². The summed E-state index contributed by atoms with van der Waals surface area (Å²) in [6.07, 6.45) is -8.53. The zero-order valence-corrected chi connectivity index (χ0v) is 12.9. The summed E-state index contributed by atoms with van der Waals surface area (Å²) >= 11 is 0. The minimum absolute atomic E-state index is 0. The van der Waals surface area contributed by atoms with Crippen LogP contribution in [0.2, 0.25) is 0 Å². The molecule has 0 aromatic carbocycles. The standard InChI is InChI=1S/C4H2O9.2Mg.6H2O/c5-1(6)11-3(9)13-4(10)12-2(7)8;;;;;;;;/h(H,5,6)(H,7,8);;;6*1H2/q;2*+2;;;;;;/p-3. The molecule has 120 valence electrons. The molecule has 0 aliphatic carbocycles. The first kappa shape index (κ1) is 59.7. The van der Waals surface area contributed by atoms with Gasteiger partial charge < -0.3 is 66.9 Å². The van der Waals surface area contributed by atoms with Crippen LogP contribution >= 0.6 is 0 Å². The minimum atomic E-state index is -2.27. The number of hydrogen-bond donors (Lipinski definition) is 0. The van der Waals surface area contributed by atoms with Crippen LogP contribution in [0.25, 0.3) is 0 Å². The third kappa shape index (κ3) is 45.4. The van der Waals surface area contributed by atoms with Gasteiger partial charge in [0.15, 0.2) is 0 Å². The van der Waals surface area contributed by atoms with Crippen molar-refractivity contribution in [2.75, 3.05) is 0 Å². The van der Waals surface area contributed by atoms with Crippen molar-refractivity contribution < 1.29 is 76.5 Å². The molecule has 0 fully saturated rings. The maximum absolute atomic E-state index is 10.1. The molecule has 21 heavy (non-hydrogen) atoms. The van der Waals surface area contributed by atoms with E-state index in [2.05, 4.69) is 14.2 Å². The van der Waals surface area contributed by atoms with E-state index in [1.807, 2.05) is 0 Å². The number of carbonyl (C=O) groups is 4. The Bertz CT molecular complexity index is 238. The minimum Gasteiger partial charge on any atom is -0.870 e. The van der Waals surface area contributed by atoms with Gasteiger partial charge in [-0.2, -0.15) is 0 Å². The van der Waals surface area contributed by atoms with E-state index in [0.29, 0.717) is 0 Å². The van der Waals surface area contributed by atoms with Crippen LogP contribution in [-0.2, 0) is 14.2 Å². The predicted octanol–water partition coefficient (Wildman–Crippen LogP) is -7.10. The quantitative estimate of drug-likeness (QED) is 0.226. The average molecular weight is 348 g/mol. The fraction of sp³-hybridized carbons (Fsp3) is 0. The topological polar surface area (TPSA) is 330 Å². The zero-order chi connectivity index (χ0) is 10.4. The molecule has 0 saturated carbocycles. The molecule has 0 heterocycles. The maximum Gasteiger partial charge on any atom is 2.00 e. The predicted molar refractivity (Wildman–Crippen MR) is 56.4 cm³/mol. The molecule has 15 nitrogen and oxygen atoms in total. The largest absolute Gasteiger partial charge is 2.00 e. The Hall–Kier alpha value is -1.03. The molecular formula is C4H11Mg2O15+. The van der Waals surface area contributed by atoms with Crippen molar-refractivity contribution >= 4 is 70.7 Å². The normalized spacial score (nSPS) is 5.14. The Labute approximate surface area is 147 Å². The number of carbonyl (C=O) groups excluding carboxylic acids is 4. The van der Waals surface area contributed by atoms with Gasteiger partial charge in [-0.15, -0.1) is 0 Å². The second-order valence-electron chi connectivity index (χ2n) is 1.31. The average Bonchev–Trinajstić information content (AvgIpc) is 1.80. The molecule has 11 N–H and O–H groups in total. The van der Waals surface area contributed by atoms with E-state index in [1.54, 1.807) is 0 Å². The van der Waals surface area contributed by atoms with E-state index in [9.17, 15) is 29.4 Å². The van der Waals surface area contributed by atoms with Crippen LogP contribution in [0.3, 0.4) is 0 Å². The van der Waals surface area contributed by atoms with Crippen molar-refractivity contribution in [3.05, 3.63) is 0 Å². The number of rotatable bonds is 0. The van der Waals surface area contributed by atoms with Gasteiger partial charge in [0, 0.05) is 0 Å². The molecule has 0 saturated heterocycles. The molecule has 0 rings (SSSR count).